The average Bonchev–Trinajstić information content (AvgIpc) is 2.65. The molecule has 1 aromatic heterocycles. The van der Waals surface area contributed by atoms with Crippen LogP contribution in [-0.2, 0) is 0 Å². The number of nitrogens with one attached hydrogen (secondary N) is 2. The van der Waals surface area contributed by atoms with Crippen LogP contribution in [0.4, 0.5) is 23.1 Å². The molecule has 138 valence electrons. The fourth-order valence-corrected chi connectivity index (χ4v) is 2.64. The molecule has 0 fully saturated rings. The third kappa shape index (κ3) is 4.89. The molecule has 27 heavy (non-hydrogen) atoms. The van der Waals surface area contributed by atoms with Crippen molar-refractivity contribution in [2.75, 3.05) is 17.7 Å². The molecule has 1 unspecified atom stereocenters. The van der Waals surface area contributed by atoms with Crippen molar-refractivity contribution in [3.8, 4) is 0 Å². The summed E-state index contributed by atoms with van der Waals surface area (Å²) in [6.45, 7) is 3.75. The largest absolute Gasteiger partial charge is 0.389 e. The van der Waals surface area contributed by atoms with E-state index in [1.54, 1.807) is 26.4 Å². The van der Waals surface area contributed by atoms with Crippen LogP contribution in [0.1, 0.15) is 29.7 Å². The molecule has 1 atom stereocenters. The predicted octanol–water partition coefficient (Wildman–Crippen LogP) is 4.37. The Bertz CT molecular complexity index is 936. The molecule has 0 amide bonds. The Morgan fingerprint density at radius 3 is 2.52 bits per heavy atom. The molecule has 0 saturated carbocycles. The fourth-order valence-electron chi connectivity index (χ4n) is 2.64. The lowest BCUT2D eigenvalue weighted by atomic mass is 10.1. The van der Waals surface area contributed by atoms with Gasteiger partial charge in [0.25, 0.3) is 0 Å². The maximum atomic E-state index is 9.70. The number of aliphatic hydroxyl groups excluding tert-OH is 1. The van der Waals surface area contributed by atoms with E-state index in [9.17, 15) is 5.11 Å². The maximum absolute atomic E-state index is 9.70. The zero-order valence-electron chi connectivity index (χ0n) is 15.6. The van der Waals surface area contributed by atoms with Crippen molar-refractivity contribution in [1.29, 1.82) is 0 Å². The fraction of sp³-hybridized carbons (Fsp3) is 0.190. The van der Waals surface area contributed by atoms with Crippen LogP contribution >= 0.6 is 0 Å². The number of nitrogens with zero attached hydrogens (tertiary/aromatic N) is 3. The van der Waals surface area contributed by atoms with E-state index < -0.39 is 6.10 Å². The van der Waals surface area contributed by atoms with Gasteiger partial charge in [0.05, 0.1) is 6.10 Å². The van der Waals surface area contributed by atoms with Crippen molar-refractivity contribution in [2.24, 2.45) is 4.99 Å². The number of hydrogen-bond donors (Lipinski definition) is 3. The molecule has 0 spiro atoms. The highest BCUT2D eigenvalue weighted by molar-refractivity contribution is 5.80. The predicted molar refractivity (Wildman–Crippen MR) is 110 cm³/mol. The van der Waals surface area contributed by atoms with E-state index >= 15 is 0 Å². The number of benzene rings is 2. The van der Waals surface area contributed by atoms with E-state index in [0.717, 1.165) is 28.1 Å². The highest BCUT2D eigenvalue weighted by atomic mass is 16.3. The van der Waals surface area contributed by atoms with Crippen LogP contribution in [0, 0.1) is 6.92 Å². The van der Waals surface area contributed by atoms with E-state index in [-0.39, 0.29) is 0 Å². The minimum absolute atomic E-state index is 0.484. The molecule has 0 aliphatic heterocycles. The molecule has 3 rings (SSSR count). The van der Waals surface area contributed by atoms with Crippen molar-refractivity contribution in [3.63, 3.8) is 0 Å². The second kappa shape index (κ2) is 8.42. The Morgan fingerprint density at radius 2 is 1.85 bits per heavy atom. The summed E-state index contributed by atoms with van der Waals surface area (Å²) in [5.74, 6) is 1.20. The molecule has 3 N–H and O–H groups in total. The highest BCUT2D eigenvalue weighted by Crippen LogP contribution is 2.24. The van der Waals surface area contributed by atoms with Crippen LogP contribution in [0.15, 0.2) is 59.7 Å². The molecule has 6 heteroatoms. The summed E-state index contributed by atoms with van der Waals surface area (Å²) in [6.07, 6.45) is 3.02. The molecule has 0 radical (unpaired) electrons. The molecular weight excluding hydrogens is 338 g/mol. The van der Waals surface area contributed by atoms with E-state index in [2.05, 4.69) is 25.6 Å². The van der Waals surface area contributed by atoms with Gasteiger partial charge in [-0.3, -0.25) is 4.99 Å². The van der Waals surface area contributed by atoms with Crippen LogP contribution in [0.2, 0.25) is 0 Å². The first kappa shape index (κ1) is 18.5. The Hall–Kier alpha value is -3.25. The smallest absolute Gasteiger partial charge is 0.229 e. The normalized spacial score (nSPS) is 12.1. The lowest BCUT2D eigenvalue weighted by molar-refractivity contribution is 0.199. The third-order valence-corrected chi connectivity index (χ3v) is 4.10. The first-order valence-corrected chi connectivity index (χ1v) is 8.73. The number of aliphatic imine (C=N–C) groups is 1. The standard InChI is InChI=1S/C21H23N5O/c1-14-12-17(15(2)27)6-9-19(14)25-20-10-11-23-21(26-20)24-18-7-4-16(5-8-18)13-22-3/h4-13,15,27H,1-3H3,(H2,23,24,25,26). The summed E-state index contributed by atoms with van der Waals surface area (Å²) < 4.78 is 0. The summed E-state index contributed by atoms with van der Waals surface area (Å²) >= 11 is 0. The second-order valence-corrected chi connectivity index (χ2v) is 6.28. The summed E-state index contributed by atoms with van der Waals surface area (Å²) in [5.41, 5.74) is 4.80. The van der Waals surface area contributed by atoms with Gasteiger partial charge in [0.2, 0.25) is 5.95 Å². The van der Waals surface area contributed by atoms with Crippen molar-refractivity contribution < 1.29 is 5.11 Å². The Kier molecular flexibility index (Phi) is 5.78. The van der Waals surface area contributed by atoms with E-state index in [4.69, 9.17) is 0 Å². The van der Waals surface area contributed by atoms with Crippen LogP contribution in [0.5, 0.6) is 0 Å². The molecule has 0 saturated heterocycles. The first-order chi connectivity index (χ1) is 13.0. The summed E-state index contributed by atoms with van der Waals surface area (Å²) in [7, 11) is 1.75. The number of aryl methyl sites for hydroxylation is 1. The van der Waals surface area contributed by atoms with Crippen LogP contribution in [-0.4, -0.2) is 28.3 Å². The van der Waals surface area contributed by atoms with Gasteiger partial charge in [-0.1, -0.05) is 24.3 Å². The summed E-state index contributed by atoms with van der Waals surface area (Å²) in [6, 6.07) is 15.5. The lowest BCUT2D eigenvalue weighted by Crippen LogP contribution is -2.02. The minimum atomic E-state index is -0.484. The molecule has 3 aromatic rings. The second-order valence-electron chi connectivity index (χ2n) is 6.28. The molecule has 1 heterocycles. The molecule has 6 nitrogen and oxygen atoms in total. The molecule has 0 bridgehead atoms. The van der Waals surface area contributed by atoms with Gasteiger partial charge in [-0.05, 0) is 54.8 Å². The number of hydrogen-bond acceptors (Lipinski definition) is 6. The van der Waals surface area contributed by atoms with Crippen LogP contribution < -0.4 is 10.6 Å². The lowest BCUT2D eigenvalue weighted by Gasteiger charge is -2.13. The average molecular weight is 361 g/mol. The van der Waals surface area contributed by atoms with Crippen LogP contribution in [0.25, 0.3) is 0 Å². The zero-order valence-corrected chi connectivity index (χ0v) is 15.6. The van der Waals surface area contributed by atoms with Gasteiger partial charge in [0, 0.05) is 30.8 Å². The zero-order chi connectivity index (χ0) is 19.2. The van der Waals surface area contributed by atoms with Crippen molar-refractivity contribution in [3.05, 3.63) is 71.4 Å². The van der Waals surface area contributed by atoms with Gasteiger partial charge in [-0.2, -0.15) is 4.98 Å². The van der Waals surface area contributed by atoms with E-state index in [0.29, 0.717) is 11.8 Å². The van der Waals surface area contributed by atoms with Crippen molar-refractivity contribution in [1.82, 2.24) is 9.97 Å². The number of aromatic nitrogens is 2. The van der Waals surface area contributed by atoms with Gasteiger partial charge in [0.1, 0.15) is 5.82 Å². The molecular formula is C21H23N5O. The van der Waals surface area contributed by atoms with Gasteiger partial charge >= 0.3 is 0 Å². The van der Waals surface area contributed by atoms with Gasteiger partial charge < -0.3 is 15.7 Å². The van der Waals surface area contributed by atoms with Crippen molar-refractivity contribution in [2.45, 2.75) is 20.0 Å². The first-order valence-electron chi connectivity index (χ1n) is 8.73. The number of rotatable bonds is 6. The van der Waals surface area contributed by atoms with Gasteiger partial charge in [-0.25, -0.2) is 4.98 Å². The topological polar surface area (TPSA) is 82.4 Å². The van der Waals surface area contributed by atoms with E-state index in [1.165, 1.54) is 0 Å². The Morgan fingerprint density at radius 1 is 1.07 bits per heavy atom. The summed E-state index contributed by atoms with van der Waals surface area (Å²) in [5, 5.41) is 16.2. The number of anilines is 4. The third-order valence-electron chi connectivity index (χ3n) is 4.10. The molecule has 0 aliphatic carbocycles. The maximum Gasteiger partial charge on any atom is 0.229 e. The quantitative estimate of drug-likeness (QED) is 0.568. The molecule has 2 aromatic carbocycles. The van der Waals surface area contributed by atoms with Crippen molar-refractivity contribution >= 4 is 29.4 Å². The number of aliphatic hydroxyl groups is 1. The SMILES string of the molecule is CN=Cc1ccc(Nc2nccc(Nc3ccc(C(C)O)cc3C)n2)cc1. The Labute approximate surface area is 159 Å². The highest BCUT2D eigenvalue weighted by Gasteiger charge is 2.06. The van der Waals surface area contributed by atoms with E-state index in [1.807, 2.05) is 55.5 Å². The van der Waals surface area contributed by atoms with Gasteiger partial charge in [0.15, 0.2) is 0 Å². The van der Waals surface area contributed by atoms with Gasteiger partial charge in [-0.15, -0.1) is 0 Å². The monoisotopic (exact) mass is 361 g/mol. The summed E-state index contributed by atoms with van der Waals surface area (Å²) in [4.78, 5) is 12.8. The molecule has 0 aliphatic rings. The van der Waals surface area contributed by atoms with Crippen LogP contribution in [0.3, 0.4) is 0 Å². The minimum Gasteiger partial charge on any atom is -0.389 e. The Balaban J connectivity index is 1.74.